The Balaban J connectivity index is 1.68. The van der Waals surface area contributed by atoms with Crippen LogP contribution in [0, 0.1) is 11.7 Å². The number of hydrogen-bond donors (Lipinski definition) is 2. The van der Waals surface area contributed by atoms with Crippen molar-refractivity contribution in [1.29, 1.82) is 0 Å². The number of hydrogen-bond acceptors (Lipinski definition) is 3. The van der Waals surface area contributed by atoms with Crippen LogP contribution in [0.25, 0.3) is 0 Å². The second kappa shape index (κ2) is 9.40. The Kier molecular flexibility index (Phi) is 6.94. The van der Waals surface area contributed by atoms with Gasteiger partial charge in [0.2, 0.25) is 5.91 Å². The smallest absolute Gasteiger partial charge is 0.237 e. The van der Waals surface area contributed by atoms with Gasteiger partial charge in [-0.1, -0.05) is 41.9 Å². The van der Waals surface area contributed by atoms with Crippen LogP contribution >= 0.6 is 23.4 Å². The van der Waals surface area contributed by atoms with Crippen LogP contribution in [0.2, 0.25) is 5.02 Å². The molecule has 1 saturated heterocycles. The Hall–Kier alpha value is -1.56. The molecule has 3 rings (SSSR count). The number of amides is 1. The molecule has 2 N–H and O–H groups in total. The molecule has 1 fully saturated rings. The molecule has 2 unspecified atom stereocenters. The van der Waals surface area contributed by atoms with Gasteiger partial charge < -0.3 is 10.6 Å². The fraction of sp³-hybridized carbons (Fsp3) is 0.350. The summed E-state index contributed by atoms with van der Waals surface area (Å²) in [7, 11) is 0. The average molecular weight is 393 g/mol. The van der Waals surface area contributed by atoms with E-state index in [-0.39, 0.29) is 10.9 Å². The zero-order valence-corrected chi connectivity index (χ0v) is 16.0. The third-order valence-electron chi connectivity index (χ3n) is 4.50. The van der Waals surface area contributed by atoms with Crippen molar-refractivity contribution in [3.05, 3.63) is 64.9 Å². The minimum absolute atomic E-state index is 0.0346. The van der Waals surface area contributed by atoms with Crippen LogP contribution in [0.15, 0.2) is 53.4 Å². The average Bonchev–Trinajstić information content (AvgIpc) is 3.16. The van der Waals surface area contributed by atoms with E-state index in [1.54, 1.807) is 12.1 Å². The topological polar surface area (TPSA) is 41.1 Å². The lowest BCUT2D eigenvalue weighted by Gasteiger charge is -2.18. The number of nitrogens with one attached hydrogen (secondary N) is 2. The molecule has 0 saturated carbocycles. The molecule has 2 aromatic carbocycles. The summed E-state index contributed by atoms with van der Waals surface area (Å²) in [6.07, 6.45) is 2.15. The van der Waals surface area contributed by atoms with Crippen LogP contribution in [0.1, 0.15) is 23.7 Å². The van der Waals surface area contributed by atoms with Crippen LogP contribution < -0.4 is 10.6 Å². The molecular formula is C20H22ClFN2OS. The van der Waals surface area contributed by atoms with Gasteiger partial charge in [0.05, 0.1) is 5.02 Å². The van der Waals surface area contributed by atoms with E-state index in [1.165, 1.54) is 24.2 Å². The van der Waals surface area contributed by atoms with Crippen molar-refractivity contribution < 1.29 is 9.18 Å². The summed E-state index contributed by atoms with van der Waals surface area (Å²) < 4.78 is 13.4. The summed E-state index contributed by atoms with van der Waals surface area (Å²) in [5, 5.41) is 6.06. The van der Waals surface area contributed by atoms with Crippen LogP contribution in [0.3, 0.4) is 0 Å². The predicted molar refractivity (Wildman–Crippen MR) is 105 cm³/mol. The first-order valence-corrected chi connectivity index (χ1v) is 10.0. The van der Waals surface area contributed by atoms with Gasteiger partial charge in [-0.2, -0.15) is 0 Å². The highest BCUT2D eigenvalue weighted by atomic mass is 35.5. The van der Waals surface area contributed by atoms with E-state index in [9.17, 15) is 9.18 Å². The maximum Gasteiger partial charge on any atom is 0.237 e. The summed E-state index contributed by atoms with van der Waals surface area (Å²) in [6.45, 7) is 2.76. The molecule has 26 heavy (non-hydrogen) atoms. The molecule has 1 amide bonds. The Morgan fingerprint density at radius 2 is 2.12 bits per heavy atom. The maximum atomic E-state index is 13.4. The van der Waals surface area contributed by atoms with Crippen LogP contribution in [-0.2, 0) is 4.79 Å². The minimum atomic E-state index is -0.457. The predicted octanol–water partition coefficient (Wildman–Crippen LogP) is 4.43. The molecule has 6 heteroatoms. The van der Waals surface area contributed by atoms with Crippen LogP contribution in [-0.4, -0.2) is 25.5 Å². The van der Waals surface area contributed by atoms with Crippen molar-refractivity contribution in [2.24, 2.45) is 5.92 Å². The van der Waals surface area contributed by atoms with Gasteiger partial charge in [0, 0.05) is 11.4 Å². The summed E-state index contributed by atoms with van der Waals surface area (Å²) >= 11 is 7.26. The maximum absolute atomic E-state index is 13.4. The highest BCUT2D eigenvalue weighted by molar-refractivity contribution is 8.00. The SMILES string of the molecule is O=C(NCCC1CCNC1)C(Sc1ccc(F)c(Cl)c1)c1ccccc1. The Labute approximate surface area is 162 Å². The second-order valence-electron chi connectivity index (χ2n) is 6.42. The third kappa shape index (κ3) is 5.22. The molecule has 0 aliphatic carbocycles. The number of carbonyl (C=O) groups is 1. The highest BCUT2D eigenvalue weighted by Gasteiger charge is 2.23. The van der Waals surface area contributed by atoms with Gasteiger partial charge in [-0.3, -0.25) is 4.79 Å². The van der Waals surface area contributed by atoms with Gasteiger partial charge in [0.25, 0.3) is 0 Å². The van der Waals surface area contributed by atoms with Gasteiger partial charge in [-0.05, 0) is 55.6 Å². The first-order valence-electron chi connectivity index (χ1n) is 8.78. The zero-order valence-electron chi connectivity index (χ0n) is 14.4. The van der Waals surface area contributed by atoms with Gasteiger partial charge in [-0.25, -0.2) is 4.39 Å². The van der Waals surface area contributed by atoms with E-state index >= 15 is 0 Å². The number of thioether (sulfide) groups is 1. The van der Waals surface area contributed by atoms with E-state index in [4.69, 9.17) is 11.6 Å². The highest BCUT2D eigenvalue weighted by Crippen LogP contribution is 2.36. The Morgan fingerprint density at radius 1 is 1.31 bits per heavy atom. The minimum Gasteiger partial charge on any atom is -0.355 e. The van der Waals surface area contributed by atoms with Gasteiger partial charge >= 0.3 is 0 Å². The van der Waals surface area contributed by atoms with E-state index in [2.05, 4.69) is 10.6 Å². The van der Waals surface area contributed by atoms with Crippen molar-refractivity contribution in [2.45, 2.75) is 23.0 Å². The molecule has 2 atom stereocenters. The first-order chi connectivity index (χ1) is 12.6. The Bertz CT molecular complexity index is 738. The lowest BCUT2D eigenvalue weighted by Crippen LogP contribution is -2.30. The fourth-order valence-electron chi connectivity index (χ4n) is 3.04. The summed E-state index contributed by atoms with van der Waals surface area (Å²) in [4.78, 5) is 13.6. The first kappa shape index (κ1) is 19.2. The second-order valence-corrected chi connectivity index (χ2v) is 8.01. The van der Waals surface area contributed by atoms with Gasteiger partial charge in [0.1, 0.15) is 11.1 Å². The number of rotatable bonds is 7. The van der Waals surface area contributed by atoms with Crippen LogP contribution in [0.5, 0.6) is 0 Å². The fourth-order valence-corrected chi connectivity index (χ4v) is 4.37. The molecular weight excluding hydrogens is 371 g/mol. The van der Waals surface area contributed by atoms with Crippen molar-refractivity contribution in [3.8, 4) is 0 Å². The zero-order chi connectivity index (χ0) is 18.4. The number of benzene rings is 2. The number of carbonyl (C=O) groups excluding carboxylic acids is 1. The summed E-state index contributed by atoms with van der Waals surface area (Å²) in [5.74, 6) is 0.142. The summed E-state index contributed by atoms with van der Waals surface area (Å²) in [6, 6.07) is 14.2. The molecule has 0 radical (unpaired) electrons. The molecule has 1 aliphatic rings. The molecule has 0 spiro atoms. The molecule has 0 bridgehead atoms. The van der Waals surface area contributed by atoms with Crippen molar-refractivity contribution in [3.63, 3.8) is 0 Å². The third-order valence-corrected chi connectivity index (χ3v) is 6.04. The van der Waals surface area contributed by atoms with E-state index in [0.29, 0.717) is 12.5 Å². The lowest BCUT2D eigenvalue weighted by molar-refractivity contribution is -0.120. The normalized spacial score (nSPS) is 17.8. The monoisotopic (exact) mass is 392 g/mol. The Morgan fingerprint density at radius 3 is 2.81 bits per heavy atom. The van der Waals surface area contributed by atoms with Gasteiger partial charge in [-0.15, -0.1) is 11.8 Å². The van der Waals surface area contributed by atoms with E-state index in [0.717, 1.165) is 30.0 Å². The molecule has 2 aromatic rings. The number of halogens is 2. The molecule has 1 heterocycles. The quantitative estimate of drug-likeness (QED) is 0.685. The molecule has 1 aliphatic heterocycles. The largest absolute Gasteiger partial charge is 0.355 e. The molecule has 0 aromatic heterocycles. The standard InChI is InChI=1S/C20H22ClFN2OS/c21-17-12-16(6-7-18(17)22)26-19(15-4-2-1-3-5-15)20(25)24-11-9-14-8-10-23-13-14/h1-7,12,14,19,23H,8-11,13H2,(H,24,25). The van der Waals surface area contributed by atoms with E-state index < -0.39 is 11.1 Å². The van der Waals surface area contributed by atoms with Crippen molar-refractivity contribution in [2.75, 3.05) is 19.6 Å². The lowest BCUT2D eigenvalue weighted by atomic mass is 10.1. The summed E-state index contributed by atoms with van der Waals surface area (Å²) in [5.41, 5.74) is 0.915. The van der Waals surface area contributed by atoms with Crippen LogP contribution in [0.4, 0.5) is 4.39 Å². The molecule has 138 valence electrons. The van der Waals surface area contributed by atoms with Gasteiger partial charge in [0.15, 0.2) is 0 Å². The molecule has 3 nitrogen and oxygen atoms in total. The van der Waals surface area contributed by atoms with Crippen molar-refractivity contribution in [1.82, 2.24) is 10.6 Å². The van der Waals surface area contributed by atoms with Crippen molar-refractivity contribution >= 4 is 29.3 Å². The van der Waals surface area contributed by atoms with E-state index in [1.807, 2.05) is 30.3 Å².